The number of benzene rings is 1. The summed E-state index contributed by atoms with van der Waals surface area (Å²) in [6, 6.07) is 10.3. The molecule has 3 unspecified atom stereocenters. The monoisotopic (exact) mass is 291 g/mol. The lowest BCUT2D eigenvalue weighted by atomic mass is 9.99. The minimum Gasteiger partial charge on any atom is -0.462 e. The first kappa shape index (κ1) is 16.0. The lowest BCUT2D eigenvalue weighted by Gasteiger charge is -2.29. The Balaban J connectivity index is 0.00000161. The summed E-state index contributed by atoms with van der Waals surface area (Å²) >= 11 is 0. The van der Waals surface area contributed by atoms with Gasteiger partial charge in [0.15, 0.2) is 0 Å². The Kier molecular flexibility index (Phi) is 5.37. The predicted octanol–water partition coefficient (Wildman–Crippen LogP) is 2.22. The van der Waals surface area contributed by atoms with Gasteiger partial charge in [0, 0.05) is 12.1 Å². The van der Waals surface area contributed by atoms with E-state index in [0.717, 1.165) is 18.4 Å². The highest BCUT2D eigenvalue weighted by Crippen LogP contribution is 2.29. The largest absolute Gasteiger partial charge is 0.462 e. The van der Waals surface area contributed by atoms with Crippen molar-refractivity contribution in [2.24, 2.45) is 0 Å². The van der Waals surface area contributed by atoms with Gasteiger partial charge in [0.05, 0.1) is 6.61 Å². The molecule has 21 heavy (non-hydrogen) atoms. The fraction of sp³-hybridized carbons (Fsp3) is 0.588. The number of carbonyl (C=O) groups excluding carboxylic acids is 1. The van der Waals surface area contributed by atoms with E-state index in [-0.39, 0.29) is 26.1 Å². The summed E-state index contributed by atoms with van der Waals surface area (Å²) in [6.07, 6.45) is 4.16. The minimum absolute atomic E-state index is 0. The highest BCUT2D eigenvalue weighted by Gasteiger charge is 2.36. The van der Waals surface area contributed by atoms with Gasteiger partial charge < -0.3 is 15.2 Å². The van der Waals surface area contributed by atoms with E-state index in [1.54, 1.807) is 0 Å². The lowest BCUT2D eigenvalue weighted by Crippen LogP contribution is -2.42. The smallest absolute Gasteiger partial charge is 0.316 e. The minimum atomic E-state index is -0.566. The maximum atomic E-state index is 12.3. The molecule has 3 rings (SSSR count). The van der Waals surface area contributed by atoms with Crippen LogP contribution in [-0.2, 0) is 9.53 Å². The van der Waals surface area contributed by atoms with Crippen LogP contribution in [0.4, 0.5) is 0 Å². The van der Waals surface area contributed by atoms with Gasteiger partial charge in [-0.2, -0.15) is 0 Å². The van der Waals surface area contributed by atoms with Crippen molar-refractivity contribution in [3.63, 3.8) is 0 Å². The molecule has 2 bridgehead atoms. The van der Waals surface area contributed by atoms with Crippen LogP contribution in [0.25, 0.3) is 0 Å². The second kappa shape index (κ2) is 7.05. The zero-order valence-electron chi connectivity index (χ0n) is 11.5. The van der Waals surface area contributed by atoms with Gasteiger partial charge in [-0.3, -0.25) is 4.79 Å². The molecule has 0 saturated carbocycles. The summed E-state index contributed by atoms with van der Waals surface area (Å²) in [5.74, 6) is -0.867. The Labute approximate surface area is 126 Å². The third kappa shape index (κ3) is 3.63. The van der Waals surface area contributed by atoms with Crippen molar-refractivity contribution in [2.75, 3.05) is 6.61 Å². The molecule has 2 N–H and O–H groups in total. The molecule has 4 nitrogen and oxygen atoms in total. The molecular weight excluding hydrogens is 266 g/mol. The summed E-state index contributed by atoms with van der Waals surface area (Å²) in [6.45, 7) is -0.208. The van der Waals surface area contributed by atoms with Crippen LogP contribution in [-0.4, -0.2) is 35.9 Å². The maximum absolute atomic E-state index is 12.3. The molecule has 0 aliphatic carbocycles. The molecule has 2 heterocycles. The highest BCUT2D eigenvalue weighted by molar-refractivity contribution is 5.78. The number of aliphatic hydroxyl groups is 1. The van der Waals surface area contributed by atoms with Gasteiger partial charge in [-0.25, -0.2) is 0 Å². The standard InChI is InChI=1S/C16H21NO3.CH4/c18-10-15(11-4-2-1-3-5-11)16(19)20-14-8-12-6-7-13(9-14)17-12;/h1-5,12-15,17-18H,6-10H2;1H4. The third-order valence-corrected chi connectivity index (χ3v) is 4.38. The molecule has 2 fully saturated rings. The number of piperidine rings is 1. The molecule has 2 aliphatic heterocycles. The number of carbonyl (C=O) groups is 1. The van der Waals surface area contributed by atoms with Crippen LogP contribution in [0, 0.1) is 0 Å². The fourth-order valence-corrected chi connectivity index (χ4v) is 3.35. The molecule has 0 radical (unpaired) electrons. The predicted molar refractivity (Wildman–Crippen MR) is 82.1 cm³/mol. The molecule has 2 aliphatic rings. The van der Waals surface area contributed by atoms with Crippen LogP contribution in [0.3, 0.4) is 0 Å². The molecule has 0 spiro atoms. The van der Waals surface area contributed by atoms with Gasteiger partial charge in [0.2, 0.25) is 0 Å². The normalized spacial score (nSPS) is 28.5. The topological polar surface area (TPSA) is 58.6 Å². The van der Waals surface area contributed by atoms with E-state index in [0.29, 0.717) is 12.1 Å². The second-order valence-electron chi connectivity index (χ2n) is 5.81. The quantitative estimate of drug-likeness (QED) is 0.835. The highest BCUT2D eigenvalue weighted by atomic mass is 16.5. The van der Waals surface area contributed by atoms with E-state index in [2.05, 4.69) is 5.32 Å². The fourth-order valence-electron chi connectivity index (χ4n) is 3.35. The molecule has 2 saturated heterocycles. The van der Waals surface area contributed by atoms with Crippen LogP contribution in [0.5, 0.6) is 0 Å². The van der Waals surface area contributed by atoms with Crippen molar-refractivity contribution in [2.45, 2.75) is 57.2 Å². The van der Waals surface area contributed by atoms with Crippen LogP contribution >= 0.6 is 0 Å². The van der Waals surface area contributed by atoms with Gasteiger partial charge in [0.25, 0.3) is 0 Å². The Morgan fingerprint density at radius 1 is 1.24 bits per heavy atom. The van der Waals surface area contributed by atoms with E-state index in [4.69, 9.17) is 4.74 Å². The lowest BCUT2D eigenvalue weighted by molar-refractivity contribution is -0.153. The van der Waals surface area contributed by atoms with Gasteiger partial charge >= 0.3 is 5.97 Å². The molecule has 4 heteroatoms. The van der Waals surface area contributed by atoms with Crippen LogP contribution in [0.2, 0.25) is 0 Å². The summed E-state index contributed by atoms with van der Waals surface area (Å²) in [7, 11) is 0. The van der Waals surface area contributed by atoms with Crippen molar-refractivity contribution in [3.05, 3.63) is 35.9 Å². The van der Waals surface area contributed by atoms with Gasteiger partial charge in [-0.1, -0.05) is 37.8 Å². The second-order valence-corrected chi connectivity index (χ2v) is 5.81. The Morgan fingerprint density at radius 3 is 2.43 bits per heavy atom. The van der Waals surface area contributed by atoms with Crippen molar-refractivity contribution in [1.82, 2.24) is 5.32 Å². The first-order chi connectivity index (χ1) is 9.76. The average Bonchev–Trinajstić information content (AvgIpc) is 2.80. The molecule has 116 valence electrons. The van der Waals surface area contributed by atoms with Gasteiger partial charge in [0.1, 0.15) is 12.0 Å². The number of hydrogen-bond donors (Lipinski definition) is 2. The summed E-state index contributed by atoms with van der Waals surface area (Å²) in [4.78, 5) is 12.3. The third-order valence-electron chi connectivity index (χ3n) is 4.38. The van der Waals surface area contributed by atoms with Crippen molar-refractivity contribution < 1.29 is 14.6 Å². The van der Waals surface area contributed by atoms with Crippen molar-refractivity contribution >= 4 is 5.97 Å². The van der Waals surface area contributed by atoms with Gasteiger partial charge in [-0.15, -0.1) is 0 Å². The van der Waals surface area contributed by atoms with Gasteiger partial charge in [-0.05, 0) is 31.2 Å². The van der Waals surface area contributed by atoms with Crippen molar-refractivity contribution in [1.29, 1.82) is 0 Å². The molecule has 0 aromatic heterocycles. The van der Waals surface area contributed by atoms with E-state index in [9.17, 15) is 9.90 Å². The Bertz CT molecular complexity index is 450. The van der Waals surface area contributed by atoms with E-state index in [1.807, 2.05) is 30.3 Å². The number of fused-ring (bicyclic) bond motifs is 2. The number of nitrogens with one attached hydrogen (secondary N) is 1. The van der Waals surface area contributed by atoms with E-state index in [1.165, 1.54) is 12.8 Å². The first-order valence-electron chi connectivity index (χ1n) is 7.38. The summed E-state index contributed by atoms with van der Waals surface area (Å²) in [5, 5.41) is 13.0. The average molecular weight is 291 g/mol. The zero-order chi connectivity index (χ0) is 13.9. The molecule has 1 aromatic rings. The number of ether oxygens (including phenoxy) is 1. The molecule has 1 aromatic carbocycles. The Hall–Kier alpha value is -1.39. The van der Waals surface area contributed by atoms with Crippen molar-refractivity contribution in [3.8, 4) is 0 Å². The summed E-state index contributed by atoms with van der Waals surface area (Å²) < 4.78 is 5.64. The maximum Gasteiger partial charge on any atom is 0.316 e. The molecule has 0 amide bonds. The first-order valence-corrected chi connectivity index (χ1v) is 7.38. The van der Waals surface area contributed by atoms with E-state index < -0.39 is 5.92 Å². The van der Waals surface area contributed by atoms with Crippen LogP contribution < -0.4 is 5.32 Å². The number of esters is 1. The number of hydrogen-bond acceptors (Lipinski definition) is 4. The Morgan fingerprint density at radius 2 is 1.86 bits per heavy atom. The van der Waals surface area contributed by atoms with Crippen LogP contribution in [0.15, 0.2) is 30.3 Å². The van der Waals surface area contributed by atoms with Crippen LogP contribution in [0.1, 0.15) is 44.6 Å². The van der Waals surface area contributed by atoms with E-state index >= 15 is 0 Å². The molecular formula is C17H25NO3. The molecule has 3 atom stereocenters. The zero-order valence-corrected chi connectivity index (χ0v) is 11.5. The number of rotatable bonds is 4. The number of aliphatic hydroxyl groups excluding tert-OH is 1. The SMILES string of the molecule is C.O=C(OC1CC2CCC(C1)N2)C(CO)c1ccccc1. The summed E-state index contributed by atoms with van der Waals surface area (Å²) in [5.41, 5.74) is 0.817.